The molecule has 0 radical (unpaired) electrons. The molecule has 0 aromatic carbocycles. The highest BCUT2D eigenvalue weighted by Crippen LogP contribution is 2.50. The van der Waals surface area contributed by atoms with Gasteiger partial charge in [-0.15, -0.1) is 0 Å². The molecule has 0 spiro atoms. The molecule has 0 saturated heterocycles. The van der Waals surface area contributed by atoms with Crippen LogP contribution in [-0.2, 0) is 0 Å². The van der Waals surface area contributed by atoms with Crippen molar-refractivity contribution >= 4 is 17.1 Å². The van der Waals surface area contributed by atoms with Crippen LogP contribution in [-0.4, -0.2) is 42.9 Å². The van der Waals surface area contributed by atoms with Crippen molar-refractivity contribution in [1.82, 2.24) is 19.5 Å². The van der Waals surface area contributed by atoms with Gasteiger partial charge in [0.05, 0.1) is 6.33 Å². The standard InChI is InChI=1S/C10H13N5O3/c11-10-13-8-6(9(18)14-10)12-3-15(8)7-4(1-16)5(7)2-17/h3-5,7,16-17H,1-2H2,(H3,11,13,14,18)/t4-,5-/m0/s1. The number of nitrogen functional groups attached to an aromatic ring is 1. The lowest BCUT2D eigenvalue weighted by atomic mass is 10.3. The topological polar surface area (TPSA) is 130 Å². The van der Waals surface area contributed by atoms with E-state index in [1.165, 1.54) is 6.33 Å². The first-order valence-corrected chi connectivity index (χ1v) is 5.61. The number of nitrogens with one attached hydrogen (secondary N) is 1. The van der Waals surface area contributed by atoms with Gasteiger partial charge in [0, 0.05) is 31.1 Å². The molecule has 2 heterocycles. The number of aliphatic hydroxyl groups is 2. The van der Waals surface area contributed by atoms with E-state index in [9.17, 15) is 15.0 Å². The van der Waals surface area contributed by atoms with Gasteiger partial charge in [0.15, 0.2) is 11.2 Å². The molecule has 96 valence electrons. The number of rotatable bonds is 3. The summed E-state index contributed by atoms with van der Waals surface area (Å²) in [4.78, 5) is 22.0. The number of nitrogens with zero attached hydrogens (tertiary/aromatic N) is 3. The second kappa shape index (κ2) is 3.79. The monoisotopic (exact) mass is 251 g/mol. The third-order valence-electron chi connectivity index (χ3n) is 3.48. The fourth-order valence-electron chi connectivity index (χ4n) is 2.49. The predicted octanol–water partition coefficient (Wildman–Crippen LogP) is -1.53. The minimum absolute atomic E-state index is 0.0196. The van der Waals surface area contributed by atoms with Crippen LogP contribution < -0.4 is 11.3 Å². The van der Waals surface area contributed by atoms with Gasteiger partial charge < -0.3 is 20.5 Å². The van der Waals surface area contributed by atoms with Crippen molar-refractivity contribution in [2.75, 3.05) is 18.9 Å². The third-order valence-corrected chi connectivity index (χ3v) is 3.48. The summed E-state index contributed by atoms with van der Waals surface area (Å²) in [5.74, 6) is -0.0413. The highest BCUT2D eigenvalue weighted by Gasteiger charge is 2.51. The summed E-state index contributed by atoms with van der Waals surface area (Å²) in [5, 5.41) is 18.4. The fraction of sp³-hybridized carbons (Fsp3) is 0.500. The number of aliphatic hydroxyl groups excluding tert-OH is 2. The Kier molecular flexibility index (Phi) is 2.35. The predicted molar refractivity (Wildman–Crippen MR) is 62.7 cm³/mol. The average Bonchev–Trinajstić information content (AvgIpc) is 2.90. The molecule has 2 atom stereocenters. The minimum atomic E-state index is -0.391. The molecular formula is C10H13N5O3. The van der Waals surface area contributed by atoms with Crippen LogP contribution in [0, 0.1) is 11.8 Å². The number of aromatic amines is 1. The van der Waals surface area contributed by atoms with Gasteiger partial charge in [-0.25, -0.2) is 4.98 Å². The van der Waals surface area contributed by atoms with Gasteiger partial charge in [0.2, 0.25) is 5.95 Å². The van der Waals surface area contributed by atoms with Gasteiger partial charge in [-0.3, -0.25) is 9.78 Å². The number of imidazole rings is 1. The van der Waals surface area contributed by atoms with Crippen molar-refractivity contribution in [1.29, 1.82) is 0 Å². The fourth-order valence-corrected chi connectivity index (χ4v) is 2.49. The summed E-state index contributed by atoms with van der Waals surface area (Å²) < 4.78 is 1.70. The van der Waals surface area contributed by atoms with Gasteiger partial charge in [-0.2, -0.15) is 4.98 Å². The Hall–Kier alpha value is -1.93. The van der Waals surface area contributed by atoms with Crippen LogP contribution in [0.5, 0.6) is 0 Å². The Morgan fingerprint density at radius 2 is 2.06 bits per heavy atom. The summed E-state index contributed by atoms with van der Waals surface area (Å²) in [6, 6.07) is -0.0845. The molecule has 0 amide bonds. The maximum atomic E-state index is 11.6. The normalized spacial score (nSPS) is 26.7. The van der Waals surface area contributed by atoms with E-state index in [0.717, 1.165) is 0 Å². The van der Waals surface area contributed by atoms with Crippen molar-refractivity contribution in [3.8, 4) is 0 Å². The molecule has 0 unspecified atom stereocenters. The van der Waals surface area contributed by atoms with E-state index < -0.39 is 5.56 Å². The second-order valence-electron chi connectivity index (χ2n) is 4.46. The summed E-state index contributed by atoms with van der Waals surface area (Å²) in [6.45, 7) is -0.0392. The molecule has 0 aliphatic heterocycles. The van der Waals surface area contributed by atoms with Crippen LogP contribution >= 0.6 is 0 Å². The van der Waals surface area contributed by atoms with Crippen molar-refractivity contribution < 1.29 is 10.2 Å². The Balaban J connectivity index is 2.12. The summed E-state index contributed by atoms with van der Waals surface area (Å²) in [7, 11) is 0. The Labute approximate surface area is 101 Å². The zero-order valence-electron chi connectivity index (χ0n) is 9.45. The number of fused-ring (bicyclic) bond motifs is 1. The summed E-state index contributed by atoms with van der Waals surface area (Å²) >= 11 is 0. The van der Waals surface area contributed by atoms with E-state index in [4.69, 9.17) is 5.73 Å². The molecule has 1 aliphatic rings. The molecular weight excluding hydrogens is 238 g/mol. The Morgan fingerprint density at radius 1 is 1.39 bits per heavy atom. The van der Waals surface area contributed by atoms with E-state index in [-0.39, 0.29) is 42.6 Å². The van der Waals surface area contributed by atoms with Crippen LogP contribution in [0.15, 0.2) is 11.1 Å². The molecule has 1 aliphatic carbocycles. The van der Waals surface area contributed by atoms with E-state index in [2.05, 4.69) is 15.0 Å². The Morgan fingerprint density at radius 3 is 2.67 bits per heavy atom. The largest absolute Gasteiger partial charge is 0.396 e. The van der Waals surface area contributed by atoms with Gasteiger partial charge in [-0.1, -0.05) is 0 Å². The highest BCUT2D eigenvalue weighted by molar-refractivity contribution is 5.70. The highest BCUT2D eigenvalue weighted by atomic mass is 16.3. The van der Waals surface area contributed by atoms with Gasteiger partial charge in [0.25, 0.3) is 5.56 Å². The smallest absolute Gasteiger partial charge is 0.280 e. The SMILES string of the molecule is Nc1nc2c(ncn2C2[C@@H](CO)[C@@H]2CO)c(=O)[nH]1. The van der Waals surface area contributed by atoms with Crippen LogP contribution in [0.1, 0.15) is 6.04 Å². The zero-order chi connectivity index (χ0) is 12.9. The van der Waals surface area contributed by atoms with Gasteiger partial charge in [0.1, 0.15) is 0 Å². The van der Waals surface area contributed by atoms with Crippen molar-refractivity contribution in [2.45, 2.75) is 6.04 Å². The van der Waals surface area contributed by atoms with Gasteiger partial charge >= 0.3 is 0 Å². The second-order valence-corrected chi connectivity index (χ2v) is 4.46. The number of hydrogen-bond acceptors (Lipinski definition) is 6. The molecule has 0 bridgehead atoms. The van der Waals surface area contributed by atoms with E-state index in [1.807, 2.05) is 0 Å². The zero-order valence-corrected chi connectivity index (χ0v) is 9.45. The molecule has 2 aromatic heterocycles. The maximum Gasteiger partial charge on any atom is 0.280 e. The molecule has 8 nitrogen and oxygen atoms in total. The number of anilines is 1. The first-order valence-electron chi connectivity index (χ1n) is 5.61. The molecule has 1 fully saturated rings. The van der Waals surface area contributed by atoms with Crippen LogP contribution in [0.2, 0.25) is 0 Å². The van der Waals surface area contributed by atoms with Crippen LogP contribution in [0.3, 0.4) is 0 Å². The number of H-pyrrole nitrogens is 1. The quantitative estimate of drug-likeness (QED) is 0.523. The lowest BCUT2D eigenvalue weighted by Crippen LogP contribution is -2.12. The third kappa shape index (κ3) is 1.42. The lowest BCUT2D eigenvalue weighted by molar-refractivity contribution is 0.232. The van der Waals surface area contributed by atoms with E-state index in [1.54, 1.807) is 4.57 Å². The molecule has 5 N–H and O–H groups in total. The van der Waals surface area contributed by atoms with E-state index in [0.29, 0.717) is 5.65 Å². The summed E-state index contributed by atoms with van der Waals surface area (Å²) in [5.41, 5.74) is 5.71. The lowest BCUT2D eigenvalue weighted by Gasteiger charge is -2.02. The van der Waals surface area contributed by atoms with Crippen LogP contribution in [0.25, 0.3) is 11.2 Å². The minimum Gasteiger partial charge on any atom is -0.396 e. The molecule has 2 aromatic rings. The molecule has 1 saturated carbocycles. The van der Waals surface area contributed by atoms with Crippen molar-refractivity contribution in [3.63, 3.8) is 0 Å². The molecule has 3 rings (SSSR count). The first kappa shape index (κ1) is 11.2. The average molecular weight is 251 g/mol. The molecule has 18 heavy (non-hydrogen) atoms. The Bertz CT molecular complexity index is 638. The van der Waals surface area contributed by atoms with E-state index >= 15 is 0 Å². The first-order chi connectivity index (χ1) is 8.67. The van der Waals surface area contributed by atoms with Crippen LogP contribution in [0.4, 0.5) is 5.95 Å². The number of hydrogen-bond donors (Lipinski definition) is 4. The van der Waals surface area contributed by atoms with Gasteiger partial charge in [-0.05, 0) is 0 Å². The van der Waals surface area contributed by atoms with Crippen molar-refractivity contribution in [3.05, 3.63) is 16.7 Å². The van der Waals surface area contributed by atoms with Crippen molar-refractivity contribution in [2.24, 2.45) is 11.8 Å². The summed E-state index contributed by atoms with van der Waals surface area (Å²) in [6.07, 6.45) is 1.50. The number of nitrogens with two attached hydrogens (primary N) is 1. The maximum absolute atomic E-state index is 11.6. The molecule has 8 heteroatoms. The number of aromatic nitrogens is 4.